The second-order valence-electron chi connectivity index (χ2n) is 5.33. The smallest absolute Gasteiger partial charge is 0.230 e. The molecule has 3 rings (SSSR count). The molecule has 0 bridgehead atoms. The van der Waals surface area contributed by atoms with E-state index in [1.807, 2.05) is 47.0 Å². The summed E-state index contributed by atoms with van der Waals surface area (Å²) in [5.41, 5.74) is 2.06. The van der Waals surface area contributed by atoms with Crippen LogP contribution in [0.4, 0.5) is 0 Å². The number of aromatic nitrogens is 3. The van der Waals surface area contributed by atoms with Gasteiger partial charge < -0.3 is 5.32 Å². The molecule has 1 N–H and O–H groups in total. The summed E-state index contributed by atoms with van der Waals surface area (Å²) < 4.78 is 1.97. The molecule has 1 heterocycles. The first kappa shape index (κ1) is 17.5. The average molecular weight is 373 g/mol. The lowest BCUT2D eigenvalue weighted by Gasteiger charge is -2.10. The van der Waals surface area contributed by atoms with E-state index in [9.17, 15) is 4.79 Å². The van der Waals surface area contributed by atoms with Crippen LogP contribution in [-0.4, -0.2) is 33.5 Å². The zero-order valence-electron chi connectivity index (χ0n) is 13.6. The van der Waals surface area contributed by atoms with Gasteiger partial charge in [-0.3, -0.25) is 9.36 Å². The van der Waals surface area contributed by atoms with Crippen LogP contribution in [0.15, 0.2) is 59.8 Å². The van der Waals surface area contributed by atoms with Gasteiger partial charge in [0.05, 0.1) is 5.75 Å². The summed E-state index contributed by atoms with van der Waals surface area (Å²) >= 11 is 7.36. The van der Waals surface area contributed by atoms with Gasteiger partial charge in [-0.25, -0.2) is 0 Å². The van der Waals surface area contributed by atoms with Crippen molar-refractivity contribution in [2.75, 3.05) is 12.8 Å². The summed E-state index contributed by atoms with van der Waals surface area (Å²) in [6.07, 6.45) is 0.650. The SMILES string of the molecule is CNC(=O)CSc1nnc(Cc2ccccc2)n1-c1ccc(Cl)cc1. The second kappa shape index (κ2) is 8.18. The number of nitrogens with one attached hydrogen (secondary N) is 1. The second-order valence-corrected chi connectivity index (χ2v) is 6.71. The van der Waals surface area contributed by atoms with E-state index in [-0.39, 0.29) is 11.7 Å². The molecule has 2 aromatic carbocycles. The number of amides is 1. The molecule has 0 aliphatic carbocycles. The fourth-order valence-electron chi connectivity index (χ4n) is 2.34. The maximum absolute atomic E-state index is 11.6. The number of thioether (sulfide) groups is 1. The van der Waals surface area contributed by atoms with Gasteiger partial charge >= 0.3 is 0 Å². The summed E-state index contributed by atoms with van der Waals surface area (Å²) in [5.74, 6) is 1.04. The number of hydrogen-bond donors (Lipinski definition) is 1. The van der Waals surface area contributed by atoms with E-state index in [0.717, 1.165) is 17.1 Å². The third-order valence-electron chi connectivity index (χ3n) is 3.60. The van der Waals surface area contributed by atoms with Crippen LogP contribution in [0.1, 0.15) is 11.4 Å². The highest BCUT2D eigenvalue weighted by atomic mass is 35.5. The number of carbonyl (C=O) groups excluding carboxylic acids is 1. The number of benzene rings is 2. The molecule has 25 heavy (non-hydrogen) atoms. The summed E-state index contributed by atoms with van der Waals surface area (Å²) in [7, 11) is 1.62. The molecule has 0 fully saturated rings. The van der Waals surface area contributed by atoms with Gasteiger partial charge in [-0.2, -0.15) is 0 Å². The van der Waals surface area contributed by atoms with Crippen LogP contribution in [0.5, 0.6) is 0 Å². The van der Waals surface area contributed by atoms with Crippen LogP contribution >= 0.6 is 23.4 Å². The van der Waals surface area contributed by atoms with Crippen molar-refractivity contribution in [1.82, 2.24) is 20.1 Å². The first-order valence-electron chi connectivity index (χ1n) is 7.75. The Labute approximate surface area is 155 Å². The molecule has 0 unspecified atom stereocenters. The van der Waals surface area contributed by atoms with Gasteiger partial charge in [0.1, 0.15) is 5.82 Å². The summed E-state index contributed by atoms with van der Waals surface area (Å²) in [6, 6.07) is 17.6. The Bertz CT molecular complexity index is 849. The maximum Gasteiger partial charge on any atom is 0.230 e. The number of halogens is 1. The Hall–Kier alpha value is -2.31. The predicted molar refractivity (Wildman–Crippen MR) is 100 cm³/mol. The van der Waals surface area contributed by atoms with E-state index >= 15 is 0 Å². The minimum atomic E-state index is -0.0553. The highest BCUT2D eigenvalue weighted by Gasteiger charge is 2.16. The molecule has 0 aliphatic rings. The van der Waals surface area contributed by atoms with Gasteiger partial charge in [-0.15, -0.1) is 10.2 Å². The van der Waals surface area contributed by atoms with Crippen molar-refractivity contribution in [3.63, 3.8) is 0 Å². The van der Waals surface area contributed by atoms with E-state index in [1.165, 1.54) is 11.8 Å². The zero-order chi connectivity index (χ0) is 17.6. The molecule has 128 valence electrons. The van der Waals surface area contributed by atoms with Crippen molar-refractivity contribution in [2.45, 2.75) is 11.6 Å². The van der Waals surface area contributed by atoms with E-state index in [0.29, 0.717) is 16.6 Å². The zero-order valence-corrected chi connectivity index (χ0v) is 15.2. The predicted octanol–water partition coefficient (Wildman–Crippen LogP) is 3.35. The van der Waals surface area contributed by atoms with Gasteiger partial charge in [0.25, 0.3) is 0 Å². The van der Waals surface area contributed by atoms with Crippen molar-refractivity contribution in [2.24, 2.45) is 0 Å². The third-order valence-corrected chi connectivity index (χ3v) is 4.78. The Kier molecular flexibility index (Phi) is 5.73. The first-order valence-corrected chi connectivity index (χ1v) is 9.11. The average Bonchev–Trinajstić information content (AvgIpc) is 3.03. The first-order chi connectivity index (χ1) is 12.2. The Morgan fingerprint density at radius 3 is 2.52 bits per heavy atom. The van der Waals surface area contributed by atoms with Gasteiger partial charge in [-0.05, 0) is 29.8 Å². The monoisotopic (exact) mass is 372 g/mol. The van der Waals surface area contributed by atoms with Crippen molar-refractivity contribution < 1.29 is 4.79 Å². The molecule has 3 aromatic rings. The van der Waals surface area contributed by atoms with Gasteiger partial charge in [0, 0.05) is 24.2 Å². The third kappa shape index (κ3) is 4.41. The topological polar surface area (TPSA) is 59.8 Å². The molecule has 1 amide bonds. The van der Waals surface area contributed by atoms with E-state index < -0.39 is 0 Å². The standard InChI is InChI=1S/C18H17ClN4OS/c1-20-17(24)12-25-18-22-21-16(11-13-5-3-2-4-6-13)23(18)15-9-7-14(19)8-10-15/h2-10H,11-12H2,1H3,(H,20,24). The molecule has 0 saturated heterocycles. The Balaban J connectivity index is 1.95. The highest BCUT2D eigenvalue weighted by Crippen LogP contribution is 2.24. The van der Waals surface area contributed by atoms with E-state index in [2.05, 4.69) is 27.6 Å². The van der Waals surface area contributed by atoms with E-state index in [4.69, 9.17) is 11.6 Å². The number of hydrogen-bond acceptors (Lipinski definition) is 4. The summed E-state index contributed by atoms with van der Waals surface area (Å²) in [4.78, 5) is 11.6. The molecule has 0 saturated carbocycles. The molecule has 5 nitrogen and oxygen atoms in total. The van der Waals surface area contributed by atoms with Crippen molar-refractivity contribution >= 4 is 29.3 Å². The lowest BCUT2D eigenvalue weighted by atomic mass is 10.1. The summed E-state index contributed by atoms with van der Waals surface area (Å²) in [5, 5.41) is 12.6. The van der Waals surface area contributed by atoms with Crippen LogP contribution in [-0.2, 0) is 11.2 Å². The van der Waals surface area contributed by atoms with E-state index in [1.54, 1.807) is 7.05 Å². The molecular weight excluding hydrogens is 356 g/mol. The minimum Gasteiger partial charge on any atom is -0.358 e. The minimum absolute atomic E-state index is 0.0553. The molecular formula is C18H17ClN4OS. The van der Waals surface area contributed by atoms with Crippen LogP contribution in [0, 0.1) is 0 Å². The van der Waals surface area contributed by atoms with Gasteiger partial charge in [0.2, 0.25) is 5.91 Å². The fraction of sp³-hybridized carbons (Fsp3) is 0.167. The number of carbonyl (C=O) groups is 1. The lowest BCUT2D eigenvalue weighted by Crippen LogP contribution is -2.20. The summed E-state index contributed by atoms with van der Waals surface area (Å²) in [6.45, 7) is 0. The van der Waals surface area contributed by atoms with Crippen molar-refractivity contribution in [3.8, 4) is 5.69 Å². The fourth-order valence-corrected chi connectivity index (χ4v) is 3.31. The maximum atomic E-state index is 11.6. The van der Waals surface area contributed by atoms with Crippen LogP contribution in [0.2, 0.25) is 5.02 Å². The normalized spacial score (nSPS) is 10.6. The van der Waals surface area contributed by atoms with Crippen molar-refractivity contribution in [1.29, 1.82) is 0 Å². The highest BCUT2D eigenvalue weighted by molar-refractivity contribution is 7.99. The molecule has 0 aliphatic heterocycles. The quantitative estimate of drug-likeness (QED) is 0.674. The molecule has 0 atom stereocenters. The molecule has 0 radical (unpaired) electrons. The van der Waals surface area contributed by atoms with Crippen LogP contribution in [0.25, 0.3) is 5.69 Å². The number of nitrogens with zero attached hydrogens (tertiary/aromatic N) is 3. The Morgan fingerprint density at radius 2 is 1.84 bits per heavy atom. The van der Waals surface area contributed by atoms with Crippen molar-refractivity contribution in [3.05, 3.63) is 71.0 Å². The molecule has 7 heteroatoms. The van der Waals surface area contributed by atoms with Gasteiger partial charge in [0.15, 0.2) is 5.16 Å². The molecule has 1 aromatic heterocycles. The van der Waals surface area contributed by atoms with Crippen LogP contribution in [0.3, 0.4) is 0 Å². The van der Waals surface area contributed by atoms with Gasteiger partial charge in [-0.1, -0.05) is 53.7 Å². The number of rotatable bonds is 6. The largest absolute Gasteiger partial charge is 0.358 e. The van der Waals surface area contributed by atoms with Crippen LogP contribution < -0.4 is 5.32 Å². The molecule has 0 spiro atoms. The lowest BCUT2D eigenvalue weighted by molar-refractivity contribution is -0.118. The Morgan fingerprint density at radius 1 is 1.12 bits per heavy atom.